The summed E-state index contributed by atoms with van der Waals surface area (Å²) >= 11 is 0. The lowest BCUT2D eigenvalue weighted by molar-refractivity contribution is 1.37. The third-order valence-electron chi connectivity index (χ3n) is 9.71. The second-order valence-corrected chi connectivity index (χ2v) is 12.4. The molecule has 0 saturated carbocycles. The van der Waals surface area contributed by atoms with Crippen LogP contribution in [0.25, 0.3) is 98.5 Å². The molecule has 0 radical (unpaired) electrons. The van der Waals surface area contributed by atoms with Crippen molar-refractivity contribution in [1.82, 2.24) is 15.0 Å². The topological polar surface area (TPSA) is 38.7 Å². The van der Waals surface area contributed by atoms with Gasteiger partial charge in [-0.05, 0) is 68.1 Å². The molecule has 10 rings (SSSR count). The van der Waals surface area contributed by atoms with Crippen molar-refractivity contribution in [2.24, 2.45) is 0 Å². The fourth-order valence-electron chi connectivity index (χ4n) is 7.51. The van der Waals surface area contributed by atoms with Gasteiger partial charge in [-0.1, -0.05) is 127 Å². The molecular weight excluding hydrogens is 583 g/mol. The van der Waals surface area contributed by atoms with Crippen molar-refractivity contribution in [2.45, 2.75) is 0 Å². The van der Waals surface area contributed by atoms with Crippen LogP contribution < -0.4 is 0 Å². The first-order chi connectivity index (χ1) is 23.8. The smallest absolute Gasteiger partial charge is 0.0970 e. The van der Waals surface area contributed by atoms with Crippen molar-refractivity contribution in [3.63, 3.8) is 0 Å². The second kappa shape index (κ2) is 10.5. The van der Waals surface area contributed by atoms with Crippen molar-refractivity contribution >= 4 is 65.0 Å². The minimum atomic E-state index is 0.929. The number of hydrogen-bond acceptors (Lipinski definition) is 3. The molecule has 3 aromatic heterocycles. The number of fused-ring (bicyclic) bond motifs is 11. The van der Waals surface area contributed by atoms with Crippen LogP contribution in [0.4, 0.5) is 0 Å². The second-order valence-electron chi connectivity index (χ2n) is 12.4. The van der Waals surface area contributed by atoms with Gasteiger partial charge in [-0.25, -0.2) is 4.98 Å². The van der Waals surface area contributed by atoms with Crippen molar-refractivity contribution in [3.05, 3.63) is 164 Å². The Morgan fingerprint density at radius 1 is 0.333 bits per heavy atom. The summed E-state index contributed by atoms with van der Waals surface area (Å²) in [5.41, 5.74) is 9.63. The predicted octanol–water partition coefficient (Wildman–Crippen LogP) is 11.8. The van der Waals surface area contributed by atoms with Crippen molar-refractivity contribution in [2.75, 3.05) is 0 Å². The van der Waals surface area contributed by atoms with Gasteiger partial charge in [0.25, 0.3) is 0 Å². The Hall–Kier alpha value is -6.45. The van der Waals surface area contributed by atoms with Crippen LogP contribution in [0.3, 0.4) is 0 Å². The van der Waals surface area contributed by atoms with Crippen molar-refractivity contribution in [1.29, 1.82) is 0 Å². The zero-order valence-corrected chi connectivity index (χ0v) is 25.9. The molecular formula is C45H27N3. The molecule has 0 amide bonds. The van der Waals surface area contributed by atoms with E-state index in [2.05, 4.69) is 145 Å². The summed E-state index contributed by atoms with van der Waals surface area (Å²) in [6, 6.07) is 54.2. The Morgan fingerprint density at radius 2 is 0.917 bits per heavy atom. The molecule has 0 bridgehead atoms. The van der Waals surface area contributed by atoms with E-state index >= 15 is 0 Å². The van der Waals surface area contributed by atoms with Crippen LogP contribution in [-0.4, -0.2) is 15.0 Å². The van der Waals surface area contributed by atoms with E-state index in [1.165, 1.54) is 32.3 Å². The lowest BCUT2D eigenvalue weighted by atomic mass is 9.92. The average molecular weight is 610 g/mol. The molecule has 3 heteroatoms. The molecule has 48 heavy (non-hydrogen) atoms. The van der Waals surface area contributed by atoms with E-state index in [1.807, 2.05) is 24.5 Å². The van der Waals surface area contributed by atoms with Crippen LogP contribution in [0.5, 0.6) is 0 Å². The molecule has 0 N–H and O–H groups in total. The molecule has 222 valence electrons. The van der Waals surface area contributed by atoms with E-state index in [0.717, 1.165) is 66.2 Å². The zero-order chi connectivity index (χ0) is 31.6. The number of benzene rings is 7. The summed E-state index contributed by atoms with van der Waals surface area (Å²) in [5, 5.41) is 10.7. The average Bonchev–Trinajstić information content (AvgIpc) is 3.17. The van der Waals surface area contributed by atoms with Gasteiger partial charge in [0.05, 0.1) is 22.2 Å². The fraction of sp³-hybridized carbons (Fsp3) is 0. The standard InChI is InChI=1S/C45H27N3/c1-3-15-35-33(13-1)34-14-2-5-17-37(34)44-41(35)36-16-4-6-18-38(36)42(48-44)31-11-7-10-30(26-31)28-20-22-29(23-21-28)40-27-32-12-8-24-46-43(32)45-39(40)19-9-25-47-45/h1-27H. The first-order valence-electron chi connectivity index (χ1n) is 16.3. The van der Waals surface area contributed by atoms with Crippen LogP contribution in [0.1, 0.15) is 0 Å². The molecule has 7 aromatic carbocycles. The molecule has 0 aliphatic heterocycles. The Bertz CT molecular complexity index is 2890. The summed E-state index contributed by atoms with van der Waals surface area (Å²) in [6.45, 7) is 0. The molecule has 10 aromatic rings. The van der Waals surface area contributed by atoms with Gasteiger partial charge in [-0.3, -0.25) is 9.97 Å². The van der Waals surface area contributed by atoms with Gasteiger partial charge in [0, 0.05) is 44.9 Å². The number of rotatable bonds is 3. The Balaban J connectivity index is 1.13. The van der Waals surface area contributed by atoms with E-state index in [9.17, 15) is 0 Å². The van der Waals surface area contributed by atoms with E-state index in [1.54, 1.807) is 0 Å². The van der Waals surface area contributed by atoms with E-state index in [-0.39, 0.29) is 0 Å². The summed E-state index contributed by atoms with van der Waals surface area (Å²) in [6.07, 6.45) is 3.67. The maximum Gasteiger partial charge on any atom is 0.0970 e. The number of nitrogens with zero attached hydrogens (tertiary/aromatic N) is 3. The highest BCUT2D eigenvalue weighted by molar-refractivity contribution is 6.31. The monoisotopic (exact) mass is 609 g/mol. The van der Waals surface area contributed by atoms with E-state index < -0.39 is 0 Å². The maximum atomic E-state index is 5.48. The minimum Gasteiger partial charge on any atom is -0.254 e. The molecule has 0 saturated heterocycles. The zero-order valence-electron chi connectivity index (χ0n) is 25.9. The highest BCUT2D eigenvalue weighted by atomic mass is 14.7. The quantitative estimate of drug-likeness (QED) is 0.187. The van der Waals surface area contributed by atoms with Gasteiger partial charge >= 0.3 is 0 Å². The van der Waals surface area contributed by atoms with Gasteiger partial charge in [-0.15, -0.1) is 0 Å². The van der Waals surface area contributed by atoms with Gasteiger partial charge in [0.1, 0.15) is 0 Å². The lowest BCUT2D eigenvalue weighted by Crippen LogP contribution is -1.93. The number of hydrogen-bond donors (Lipinski definition) is 0. The van der Waals surface area contributed by atoms with Crippen molar-refractivity contribution < 1.29 is 0 Å². The van der Waals surface area contributed by atoms with Crippen LogP contribution >= 0.6 is 0 Å². The van der Waals surface area contributed by atoms with Gasteiger partial charge in [0.2, 0.25) is 0 Å². The van der Waals surface area contributed by atoms with Crippen LogP contribution in [0, 0.1) is 0 Å². The molecule has 0 atom stereocenters. The third kappa shape index (κ3) is 4.04. The molecule has 0 unspecified atom stereocenters. The normalized spacial score (nSPS) is 11.8. The third-order valence-corrected chi connectivity index (χ3v) is 9.71. The summed E-state index contributed by atoms with van der Waals surface area (Å²) in [7, 11) is 0. The summed E-state index contributed by atoms with van der Waals surface area (Å²) < 4.78 is 0. The summed E-state index contributed by atoms with van der Waals surface area (Å²) in [5.74, 6) is 0. The first-order valence-corrected chi connectivity index (χ1v) is 16.3. The number of aromatic nitrogens is 3. The Kier molecular flexibility index (Phi) is 5.87. The van der Waals surface area contributed by atoms with Gasteiger partial charge in [-0.2, -0.15) is 0 Å². The van der Waals surface area contributed by atoms with Crippen LogP contribution in [0.2, 0.25) is 0 Å². The molecule has 0 aliphatic carbocycles. The fourth-order valence-corrected chi connectivity index (χ4v) is 7.51. The molecule has 0 fully saturated rings. The molecule has 0 spiro atoms. The van der Waals surface area contributed by atoms with E-state index in [0.29, 0.717) is 0 Å². The SMILES string of the molecule is c1cc(-c2ccc(-c3cc4cccnc4c4ncccc34)cc2)cc(-c2nc3c4ccccc4c4ccccc4c3c3ccccc23)c1. The highest BCUT2D eigenvalue weighted by Gasteiger charge is 2.17. The van der Waals surface area contributed by atoms with Crippen LogP contribution in [0.15, 0.2) is 164 Å². The largest absolute Gasteiger partial charge is 0.254 e. The van der Waals surface area contributed by atoms with Gasteiger partial charge in [0.15, 0.2) is 0 Å². The Labute approximate surface area is 276 Å². The Morgan fingerprint density at radius 3 is 1.71 bits per heavy atom. The van der Waals surface area contributed by atoms with E-state index in [4.69, 9.17) is 9.97 Å². The minimum absolute atomic E-state index is 0.929. The van der Waals surface area contributed by atoms with Gasteiger partial charge < -0.3 is 0 Å². The van der Waals surface area contributed by atoms with Crippen LogP contribution in [-0.2, 0) is 0 Å². The first kappa shape index (κ1) is 26.7. The lowest BCUT2D eigenvalue weighted by Gasteiger charge is -2.15. The molecule has 3 heterocycles. The predicted molar refractivity (Wildman–Crippen MR) is 201 cm³/mol. The number of pyridine rings is 3. The van der Waals surface area contributed by atoms with Crippen molar-refractivity contribution in [3.8, 4) is 33.5 Å². The highest BCUT2D eigenvalue weighted by Crippen LogP contribution is 2.41. The molecule has 0 aliphatic rings. The summed E-state index contributed by atoms with van der Waals surface area (Å²) in [4.78, 5) is 14.8. The maximum absolute atomic E-state index is 5.48. The molecule has 3 nitrogen and oxygen atoms in total.